The zero-order valence-corrected chi connectivity index (χ0v) is 15.2. The maximum atomic E-state index is 12.2. The van der Waals surface area contributed by atoms with Crippen LogP contribution in [0.25, 0.3) is 0 Å². The van der Waals surface area contributed by atoms with Gasteiger partial charge in [0, 0.05) is 32.7 Å². The van der Waals surface area contributed by atoms with Crippen LogP contribution in [0.5, 0.6) is 11.5 Å². The fraction of sp³-hybridized carbons (Fsp3) is 0.211. The van der Waals surface area contributed by atoms with E-state index >= 15 is 0 Å². The van der Waals surface area contributed by atoms with E-state index in [9.17, 15) is 24.3 Å². The van der Waals surface area contributed by atoms with Gasteiger partial charge >= 0.3 is 17.9 Å². The smallest absolute Gasteiger partial charge is 0.326 e. The first kappa shape index (κ1) is 20.6. The van der Waals surface area contributed by atoms with Gasteiger partial charge in [0.2, 0.25) is 0 Å². The third-order valence-electron chi connectivity index (χ3n) is 3.48. The number of pyridine rings is 1. The fourth-order valence-electron chi connectivity index (χ4n) is 2.33. The number of esters is 2. The number of carboxylic acid groups (broad SMARTS) is 1. The summed E-state index contributed by atoms with van der Waals surface area (Å²) in [6.45, 7) is 2.37. The standard InChI is InChI=1S/C19H18N2O7/c1-11(22)27-16-6-5-13(9-17(16)28-12(2)23)8-15(19(25)26)21-18(24)14-4-3-7-20-10-14/h3-7,9-10,15H,8H2,1-2H3,(H,21,24)(H,25,26)/t15-/m0/s1. The predicted molar refractivity (Wildman–Crippen MR) is 95.9 cm³/mol. The summed E-state index contributed by atoms with van der Waals surface area (Å²) in [6, 6.07) is 6.11. The van der Waals surface area contributed by atoms with Gasteiger partial charge in [0.25, 0.3) is 5.91 Å². The second kappa shape index (κ2) is 9.26. The van der Waals surface area contributed by atoms with Gasteiger partial charge in [-0.2, -0.15) is 0 Å². The topological polar surface area (TPSA) is 132 Å². The highest BCUT2D eigenvalue weighted by atomic mass is 16.6. The van der Waals surface area contributed by atoms with Crippen LogP contribution in [0.1, 0.15) is 29.8 Å². The molecule has 1 amide bonds. The number of carbonyl (C=O) groups is 4. The third kappa shape index (κ3) is 5.90. The number of benzene rings is 1. The summed E-state index contributed by atoms with van der Waals surface area (Å²) in [5, 5.41) is 11.9. The van der Waals surface area contributed by atoms with Gasteiger partial charge in [0.1, 0.15) is 6.04 Å². The van der Waals surface area contributed by atoms with Gasteiger partial charge < -0.3 is 19.9 Å². The summed E-state index contributed by atoms with van der Waals surface area (Å²) < 4.78 is 9.99. The Kier molecular flexibility index (Phi) is 6.80. The molecule has 2 aromatic rings. The molecular weight excluding hydrogens is 368 g/mol. The van der Waals surface area contributed by atoms with Crippen LogP contribution >= 0.6 is 0 Å². The first-order valence-corrected chi connectivity index (χ1v) is 8.19. The lowest BCUT2D eigenvalue weighted by Crippen LogP contribution is -2.42. The molecule has 0 bridgehead atoms. The zero-order chi connectivity index (χ0) is 20.7. The molecule has 1 aromatic heterocycles. The number of aliphatic carboxylic acids is 1. The number of carbonyl (C=O) groups excluding carboxylic acids is 3. The summed E-state index contributed by atoms with van der Waals surface area (Å²) in [6.07, 6.45) is 2.73. The fourth-order valence-corrected chi connectivity index (χ4v) is 2.33. The molecule has 2 N–H and O–H groups in total. The van der Waals surface area contributed by atoms with Crippen molar-refractivity contribution in [2.24, 2.45) is 0 Å². The van der Waals surface area contributed by atoms with Crippen molar-refractivity contribution in [3.63, 3.8) is 0 Å². The number of rotatable bonds is 7. The molecule has 1 atom stereocenters. The number of aromatic nitrogens is 1. The second-order valence-corrected chi connectivity index (χ2v) is 5.78. The zero-order valence-electron chi connectivity index (χ0n) is 15.2. The molecule has 0 aliphatic rings. The summed E-state index contributed by atoms with van der Waals surface area (Å²) in [5.74, 6) is -3.06. The van der Waals surface area contributed by atoms with E-state index < -0.39 is 29.9 Å². The Labute approximate surface area is 160 Å². The normalized spacial score (nSPS) is 11.2. The summed E-state index contributed by atoms with van der Waals surface area (Å²) in [5.41, 5.74) is 0.672. The summed E-state index contributed by atoms with van der Waals surface area (Å²) in [7, 11) is 0. The molecule has 28 heavy (non-hydrogen) atoms. The van der Waals surface area contributed by atoms with E-state index in [1.807, 2.05) is 0 Å². The molecule has 1 heterocycles. The molecule has 0 saturated heterocycles. The largest absolute Gasteiger partial charge is 0.480 e. The van der Waals surface area contributed by atoms with Gasteiger partial charge in [0.05, 0.1) is 5.56 Å². The first-order chi connectivity index (χ1) is 13.3. The highest BCUT2D eigenvalue weighted by molar-refractivity contribution is 5.96. The van der Waals surface area contributed by atoms with Crippen LogP contribution in [0.15, 0.2) is 42.7 Å². The molecule has 0 unspecified atom stereocenters. The lowest BCUT2D eigenvalue weighted by Gasteiger charge is -2.16. The van der Waals surface area contributed by atoms with Crippen LogP contribution in [0, 0.1) is 0 Å². The Morgan fingerprint density at radius 2 is 1.75 bits per heavy atom. The molecule has 2 rings (SSSR count). The summed E-state index contributed by atoms with van der Waals surface area (Å²) >= 11 is 0. The number of carboxylic acids is 1. The quantitative estimate of drug-likeness (QED) is 0.538. The maximum Gasteiger partial charge on any atom is 0.326 e. The molecule has 0 radical (unpaired) electrons. The van der Waals surface area contributed by atoms with Gasteiger partial charge in [-0.25, -0.2) is 4.79 Å². The molecule has 0 aliphatic heterocycles. The van der Waals surface area contributed by atoms with Crippen molar-refractivity contribution in [3.8, 4) is 11.5 Å². The van der Waals surface area contributed by atoms with Crippen LogP contribution < -0.4 is 14.8 Å². The molecule has 146 valence electrons. The number of amides is 1. The third-order valence-corrected chi connectivity index (χ3v) is 3.48. The van der Waals surface area contributed by atoms with E-state index in [2.05, 4.69) is 10.3 Å². The van der Waals surface area contributed by atoms with E-state index in [1.54, 1.807) is 6.07 Å². The van der Waals surface area contributed by atoms with Crippen molar-refractivity contribution in [2.45, 2.75) is 26.3 Å². The first-order valence-electron chi connectivity index (χ1n) is 8.19. The SMILES string of the molecule is CC(=O)Oc1ccc(C[C@H](NC(=O)c2cccnc2)C(=O)O)cc1OC(C)=O. The van der Waals surface area contributed by atoms with E-state index in [-0.39, 0.29) is 23.5 Å². The Hall–Kier alpha value is -3.75. The van der Waals surface area contributed by atoms with Crippen molar-refractivity contribution in [3.05, 3.63) is 53.9 Å². The minimum Gasteiger partial charge on any atom is -0.480 e. The number of hydrogen-bond donors (Lipinski definition) is 2. The number of nitrogens with zero attached hydrogens (tertiary/aromatic N) is 1. The van der Waals surface area contributed by atoms with Crippen LogP contribution in [-0.4, -0.2) is 39.9 Å². The number of ether oxygens (including phenoxy) is 2. The van der Waals surface area contributed by atoms with Gasteiger partial charge in [-0.05, 0) is 29.8 Å². The van der Waals surface area contributed by atoms with Gasteiger partial charge in [-0.1, -0.05) is 6.07 Å². The van der Waals surface area contributed by atoms with Gasteiger partial charge in [-0.3, -0.25) is 19.4 Å². The molecule has 0 fully saturated rings. The van der Waals surface area contributed by atoms with Crippen LogP contribution in [0.2, 0.25) is 0 Å². The molecule has 9 heteroatoms. The van der Waals surface area contributed by atoms with E-state index in [0.29, 0.717) is 5.56 Å². The minimum atomic E-state index is -1.24. The van der Waals surface area contributed by atoms with Crippen molar-refractivity contribution >= 4 is 23.8 Å². The molecule has 1 aromatic carbocycles. The molecule has 0 saturated carbocycles. The second-order valence-electron chi connectivity index (χ2n) is 5.78. The van der Waals surface area contributed by atoms with Gasteiger partial charge in [0.15, 0.2) is 11.5 Å². The van der Waals surface area contributed by atoms with Crippen molar-refractivity contribution in [1.29, 1.82) is 0 Å². The summed E-state index contributed by atoms with van der Waals surface area (Å²) in [4.78, 5) is 50.0. The van der Waals surface area contributed by atoms with Crippen LogP contribution in [0.3, 0.4) is 0 Å². The Bertz CT molecular complexity index is 896. The minimum absolute atomic E-state index is 0.0251. The number of hydrogen-bond acceptors (Lipinski definition) is 7. The lowest BCUT2D eigenvalue weighted by molar-refractivity contribution is -0.139. The Balaban J connectivity index is 2.22. The van der Waals surface area contributed by atoms with Crippen molar-refractivity contribution < 1.29 is 33.8 Å². The lowest BCUT2D eigenvalue weighted by atomic mass is 10.0. The van der Waals surface area contributed by atoms with Crippen molar-refractivity contribution in [2.75, 3.05) is 0 Å². The van der Waals surface area contributed by atoms with E-state index in [0.717, 1.165) is 0 Å². The highest BCUT2D eigenvalue weighted by Crippen LogP contribution is 2.29. The molecule has 0 spiro atoms. The molecule has 0 aliphatic carbocycles. The maximum absolute atomic E-state index is 12.2. The number of nitrogens with one attached hydrogen (secondary N) is 1. The van der Waals surface area contributed by atoms with Gasteiger partial charge in [-0.15, -0.1) is 0 Å². The average Bonchev–Trinajstić information content (AvgIpc) is 2.63. The monoisotopic (exact) mass is 386 g/mol. The molecular formula is C19H18N2O7. The van der Waals surface area contributed by atoms with Crippen molar-refractivity contribution in [1.82, 2.24) is 10.3 Å². The van der Waals surface area contributed by atoms with E-state index in [4.69, 9.17) is 9.47 Å². The predicted octanol–water partition coefficient (Wildman–Crippen LogP) is 1.36. The van der Waals surface area contributed by atoms with Crippen LogP contribution in [0.4, 0.5) is 0 Å². The average molecular weight is 386 g/mol. The van der Waals surface area contributed by atoms with Crippen LogP contribution in [-0.2, 0) is 20.8 Å². The Morgan fingerprint density at radius 3 is 2.32 bits per heavy atom. The van der Waals surface area contributed by atoms with E-state index in [1.165, 1.54) is 50.5 Å². The Morgan fingerprint density at radius 1 is 1.07 bits per heavy atom. The highest BCUT2D eigenvalue weighted by Gasteiger charge is 2.22. The molecule has 9 nitrogen and oxygen atoms in total.